The van der Waals surface area contributed by atoms with Crippen LogP contribution in [0.15, 0.2) is 78.9 Å². The second kappa shape index (κ2) is 9.82. The van der Waals surface area contributed by atoms with Gasteiger partial charge in [-0.25, -0.2) is 0 Å². The first-order chi connectivity index (χ1) is 14.1. The Kier molecular flexibility index (Phi) is 6.94. The first-order valence-corrected chi connectivity index (χ1v) is 9.63. The van der Waals surface area contributed by atoms with Crippen molar-refractivity contribution in [3.63, 3.8) is 0 Å². The summed E-state index contributed by atoms with van der Waals surface area (Å²) in [6.45, 7) is 5.73. The molecule has 148 valence electrons. The van der Waals surface area contributed by atoms with Crippen molar-refractivity contribution in [2.45, 2.75) is 25.9 Å². The zero-order chi connectivity index (χ0) is 20.5. The maximum atomic E-state index is 6.03. The average Bonchev–Trinajstić information content (AvgIpc) is 2.73. The summed E-state index contributed by atoms with van der Waals surface area (Å²) >= 11 is 0. The fourth-order valence-corrected chi connectivity index (χ4v) is 2.96. The van der Waals surface area contributed by atoms with Crippen LogP contribution < -0.4 is 9.47 Å². The Bertz CT molecular complexity index is 938. The lowest BCUT2D eigenvalue weighted by Gasteiger charge is -2.25. The molecule has 3 heteroatoms. The van der Waals surface area contributed by atoms with E-state index in [0.717, 1.165) is 22.8 Å². The van der Waals surface area contributed by atoms with E-state index in [1.807, 2.05) is 66.7 Å². The Morgan fingerprint density at radius 3 is 2.28 bits per heavy atom. The van der Waals surface area contributed by atoms with Crippen LogP contribution in [-0.2, 0) is 16.8 Å². The van der Waals surface area contributed by atoms with Crippen molar-refractivity contribution >= 4 is 0 Å². The predicted molar refractivity (Wildman–Crippen MR) is 116 cm³/mol. The molecule has 0 N–H and O–H groups in total. The van der Waals surface area contributed by atoms with E-state index in [-0.39, 0.29) is 12.0 Å². The summed E-state index contributed by atoms with van der Waals surface area (Å²) in [5.74, 6) is 4.87. The molecule has 0 amide bonds. The van der Waals surface area contributed by atoms with E-state index in [2.05, 4.69) is 31.9 Å². The summed E-state index contributed by atoms with van der Waals surface area (Å²) in [6, 6.07) is 25.8. The Morgan fingerprint density at radius 1 is 0.828 bits per heavy atom. The Balaban J connectivity index is 1.54. The molecule has 0 aliphatic carbocycles. The molecular formula is C26H26O3. The zero-order valence-corrected chi connectivity index (χ0v) is 16.9. The summed E-state index contributed by atoms with van der Waals surface area (Å²) < 4.78 is 17.4. The van der Waals surface area contributed by atoms with Gasteiger partial charge in [-0.05, 0) is 47.5 Å². The van der Waals surface area contributed by atoms with Gasteiger partial charge in [0.1, 0.15) is 23.9 Å². The molecule has 3 nitrogen and oxygen atoms in total. The lowest BCUT2D eigenvalue weighted by Crippen LogP contribution is -2.24. The lowest BCUT2D eigenvalue weighted by atomic mass is 9.85. The van der Waals surface area contributed by atoms with Crippen molar-refractivity contribution in [3.05, 3.63) is 90.0 Å². The Hall–Kier alpha value is -3.22. The van der Waals surface area contributed by atoms with Gasteiger partial charge in [-0.3, -0.25) is 0 Å². The van der Waals surface area contributed by atoms with Crippen molar-refractivity contribution in [2.24, 2.45) is 0 Å². The van der Waals surface area contributed by atoms with Gasteiger partial charge >= 0.3 is 0 Å². The lowest BCUT2D eigenvalue weighted by molar-refractivity contribution is 0.0824. The van der Waals surface area contributed by atoms with E-state index in [4.69, 9.17) is 20.6 Å². The third-order valence-electron chi connectivity index (χ3n) is 4.57. The summed E-state index contributed by atoms with van der Waals surface area (Å²) in [7, 11) is 0. The van der Waals surface area contributed by atoms with Gasteiger partial charge in [0.25, 0.3) is 0 Å². The molecule has 0 radical (unpaired) electrons. The van der Waals surface area contributed by atoms with Crippen LogP contribution in [0.25, 0.3) is 0 Å². The van der Waals surface area contributed by atoms with Gasteiger partial charge in [0.05, 0.1) is 13.2 Å². The summed E-state index contributed by atoms with van der Waals surface area (Å²) in [6.07, 6.45) is 5.23. The van der Waals surface area contributed by atoms with Crippen LogP contribution in [0.2, 0.25) is 0 Å². The van der Waals surface area contributed by atoms with Crippen LogP contribution in [0.1, 0.15) is 25.0 Å². The van der Waals surface area contributed by atoms with Crippen molar-refractivity contribution in [1.82, 2.24) is 0 Å². The summed E-state index contributed by atoms with van der Waals surface area (Å²) in [5.41, 5.74) is 2.14. The SMILES string of the molecule is C#CCOc1ccc(C(C)(C)COCc2cccc(Oc3ccccc3)c2)cc1. The van der Waals surface area contributed by atoms with Crippen molar-refractivity contribution in [1.29, 1.82) is 0 Å². The van der Waals surface area contributed by atoms with E-state index in [9.17, 15) is 0 Å². The second-order valence-electron chi connectivity index (χ2n) is 7.46. The first-order valence-electron chi connectivity index (χ1n) is 9.63. The molecule has 0 spiro atoms. The average molecular weight is 386 g/mol. The van der Waals surface area contributed by atoms with Gasteiger partial charge in [-0.2, -0.15) is 0 Å². The molecule has 29 heavy (non-hydrogen) atoms. The first kappa shape index (κ1) is 20.5. The molecule has 0 saturated heterocycles. The second-order valence-corrected chi connectivity index (χ2v) is 7.46. The molecular weight excluding hydrogens is 360 g/mol. The van der Waals surface area contributed by atoms with Crippen LogP contribution in [0.5, 0.6) is 17.2 Å². The van der Waals surface area contributed by atoms with Crippen molar-refractivity contribution < 1.29 is 14.2 Å². The molecule has 0 fully saturated rings. The quantitative estimate of drug-likeness (QED) is 0.423. The molecule has 0 heterocycles. The third kappa shape index (κ3) is 6.14. The maximum absolute atomic E-state index is 6.03. The van der Waals surface area contributed by atoms with Crippen LogP contribution in [0.4, 0.5) is 0 Å². The van der Waals surface area contributed by atoms with Gasteiger partial charge in [0.15, 0.2) is 0 Å². The van der Waals surface area contributed by atoms with Crippen LogP contribution in [0, 0.1) is 12.3 Å². The third-order valence-corrected chi connectivity index (χ3v) is 4.57. The minimum Gasteiger partial charge on any atom is -0.481 e. The molecule has 0 aliphatic rings. The predicted octanol–water partition coefficient (Wildman–Crippen LogP) is 5.99. The number of hydrogen-bond donors (Lipinski definition) is 0. The molecule has 0 saturated carbocycles. The molecule has 0 aliphatic heterocycles. The zero-order valence-electron chi connectivity index (χ0n) is 16.9. The summed E-state index contributed by atoms with van der Waals surface area (Å²) in [4.78, 5) is 0. The number of ether oxygens (including phenoxy) is 3. The van der Waals surface area contributed by atoms with Crippen LogP contribution in [-0.4, -0.2) is 13.2 Å². The van der Waals surface area contributed by atoms with Crippen molar-refractivity contribution in [3.8, 4) is 29.6 Å². The fourth-order valence-electron chi connectivity index (χ4n) is 2.96. The summed E-state index contributed by atoms with van der Waals surface area (Å²) in [5, 5.41) is 0. The van der Waals surface area contributed by atoms with Crippen LogP contribution in [0.3, 0.4) is 0 Å². The number of rotatable bonds is 9. The maximum Gasteiger partial charge on any atom is 0.148 e. The number of benzene rings is 3. The molecule has 3 aromatic rings. The van der Waals surface area contributed by atoms with E-state index >= 15 is 0 Å². The monoisotopic (exact) mass is 386 g/mol. The Morgan fingerprint density at radius 2 is 1.55 bits per heavy atom. The standard InChI is InChI=1S/C26H26O3/c1-4-17-28-23-15-13-22(14-16-23)26(2,3)20-27-19-21-9-8-12-25(18-21)29-24-10-6-5-7-11-24/h1,5-16,18H,17,19-20H2,2-3H3. The highest BCUT2D eigenvalue weighted by molar-refractivity contribution is 5.34. The number of para-hydroxylation sites is 1. The van der Waals surface area contributed by atoms with Gasteiger partial charge < -0.3 is 14.2 Å². The highest BCUT2D eigenvalue weighted by Gasteiger charge is 2.21. The van der Waals surface area contributed by atoms with Gasteiger partial charge in [-0.15, -0.1) is 6.42 Å². The highest BCUT2D eigenvalue weighted by atomic mass is 16.5. The van der Waals surface area contributed by atoms with Crippen LogP contribution >= 0.6 is 0 Å². The van der Waals surface area contributed by atoms with E-state index in [1.54, 1.807) is 0 Å². The molecule has 0 unspecified atom stereocenters. The van der Waals surface area contributed by atoms with Gasteiger partial charge in [0.2, 0.25) is 0 Å². The fraction of sp³-hybridized carbons (Fsp3) is 0.231. The minimum absolute atomic E-state index is 0.122. The van der Waals surface area contributed by atoms with Gasteiger partial charge in [-0.1, -0.05) is 62.2 Å². The largest absolute Gasteiger partial charge is 0.481 e. The Labute approximate surface area is 173 Å². The van der Waals surface area contributed by atoms with E-state index in [0.29, 0.717) is 13.2 Å². The minimum atomic E-state index is -0.122. The molecule has 3 aromatic carbocycles. The van der Waals surface area contributed by atoms with E-state index < -0.39 is 0 Å². The molecule has 0 atom stereocenters. The normalized spacial score (nSPS) is 10.9. The highest BCUT2D eigenvalue weighted by Crippen LogP contribution is 2.27. The number of hydrogen-bond acceptors (Lipinski definition) is 3. The van der Waals surface area contributed by atoms with E-state index in [1.165, 1.54) is 5.56 Å². The molecule has 3 rings (SSSR count). The topological polar surface area (TPSA) is 27.7 Å². The van der Waals surface area contributed by atoms with Gasteiger partial charge in [0, 0.05) is 5.41 Å². The molecule has 0 bridgehead atoms. The van der Waals surface area contributed by atoms with Crippen molar-refractivity contribution in [2.75, 3.05) is 13.2 Å². The number of terminal acetylenes is 1. The molecule has 0 aromatic heterocycles. The smallest absolute Gasteiger partial charge is 0.148 e.